The van der Waals surface area contributed by atoms with Crippen LogP contribution in [0.1, 0.15) is 4.88 Å². The second kappa shape index (κ2) is 8.16. The summed E-state index contributed by atoms with van der Waals surface area (Å²) in [6.45, 7) is 0. The van der Waals surface area contributed by atoms with E-state index in [4.69, 9.17) is 35.4 Å². The van der Waals surface area contributed by atoms with Crippen LogP contribution in [0, 0.1) is 0 Å². The van der Waals surface area contributed by atoms with E-state index in [2.05, 4.69) is 5.32 Å². The number of para-hydroxylation sites is 1. The van der Waals surface area contributed by atoms with Crippen molar-refractivity contribution in [2.75, 3.05) is 4.90 Å². The van der Waals surface area contributed by atoms with Gasteiger partial charge in [0.1, 0.15) is 10.7 Å². The molecule has 0 bridgehead atoms. The summed E-state index contributed by atoms with van der Waals surface area (Å²) < 4.78 is 1.31. The molecule has 10 heteroatoms. The quantitative estimate of drug-likeness (QED) is 0.352. The minimum atomic E-state index is -0.668. The first kappa shape index (κ1) is 20.5. The van der Waals surface area contributed by atoms with Gasteiger partial charge < -0.3 is 0 Å². The molecule has 1 N–H and O–H groups in total. The number of thiazole rings is 1. The van der Waals surface area contributed by atoms with Gasteiger partial charge in [-0.15, -0.1) is 0 Å². The molecule has 3 aromatic rings. The van der Waals surface area contributed by atoms with Crippen molar-refractivity contribution >= 4 is 75.4 Å². The number of aromatic nitrogens is 1. The van der Waals surface area contributed by atoms with Crippen LogP contribution in [0.5, 0.6) is 0 Å². The summed E-state index contributed by atoms with van der Waals surface area (Å²) in [5.74, 6) is -1.30. The highest BCUT2D eigenvalue weighted by molar-refractivity contribution is 7.80. The predicted molar refractivity (Wildman–Crippen MR) is 123 cm³/mol. The van der Waals surface area contributed by atoms with Gasteiger partial charge in [-0.1, -0.05) is 52.7 Å². The zero-order valence-electron chi connectivity index (χ0n) is 15.0. The summed E-state index contributed by atoms with van der Waals surface area (Å²) in [6, 6.07) is 15.3. The van der Waals surface area contributed by atoms with Crippen molar-refractivity contribution in [3.05, 3.63) is 84.9 Å². The molecule has 1 aromatic heterocycles. The van der Waals surface area contributed by atoms with Gasteiger partial charge in [0.25, 0.3) is 11.8 Å². The molecular weight excluding hydrogens is 465 g/mol. The maximum atomic E-state index is 13.1. The normalized spacial score (nSPS) is 15.6. The minimum absolute atomic E-state index is 0.0504. The van der Waals surface area contributed by atoms with Crippen molar-refractivity contribution in [3.63, 3.8) is 0 Å². The number of anilines is 1. The monoisotopic (exact) mass is 475 g/mol. The first-order valence-electron chi connectivity index (χ1n) is 8.50. The lowest BCUT2D eigenvalue weighted by Crippen LogP contribution is -2.54. The van der Waals surface area contributed by atoms with E-state index in [9.17, 15) is 14.4 Å². The smallest absolute Gasteiger partial charge is 0.298 e. The molecule has 2 amide bonds. The Hall–Kier alpha value is -2.78. The van der Waals surface area contributed by atoms with E-state index in [0.29, 0.717) is 16.4 Å². The van der Waals surface area contributed by atoms with E-state index in [1.54, 1.807) is 48.5 Å². The Morgan fingerprint density at radius 3 is 2.27 bits per heavy atom. The molecule has 1 aliphatic rings. The van der Waals surface area contributed by atoms with Crippen molar-refractivity contribution in [1.29, 1.82) is 0 Å². The van der Waals surface area contributed by atoms with Crippen LogP contribution in [-0.2, 0) is 9.59 Å². The van der Waals surface area contributed by atoms with Crippen molar-refractivity contribution in [1.82, 2.24) is 9.88 Å². The maximum Gasteiger partial charge on any atom is 0.313 e. The molecule has 4 rings (SSSR count). The van der Waals surface area contributed by atoms with Gasteiger partial charge in [-0.25, -0.2) is 0 Å². The summed E-state index contributed by atoms with van der Waals surface area (Å²) in [7, 11) is 0. The number of halogens is 2. The molecule has 1 fully saturated rings. The zero-order valence-corrected chi connectivity index (χ0v) is 18.1. The van der Waals surface area contributed by atoms with Crippen LogP contribution in [0.2, 0.25) is 10.2 Å². The van der Waals surface area contributed by atoms with Crippen LogP contribution in [-0.4, -0.2) is 21.5 Å². The van der Waals surface area contributed by atoms with Crippen LogP contribution in [0.25, 0.3) is 11.8 Å². The third-order valence-electron chi connectivity index (χ3n) is 4.26. The second-order valence-corrected chi connectivity index (χ2v) is 8.30. The first-order valence-corrected chi connectivity index (χ1v) is 10.5. The Labute approximate surface area is 190 Å². The molecule has 30 heavy (non-hydrogen) atoms. The van der Waals surface area contributed by atoms with E-state index in [-0.39, 0.29) is 25.6 Å². The summed E-state index contributed by atoms with van der Waals surface area (Å²) in [5, 5.41) is 3.04. The number of amides is 2. The summed E-state index contributed by atoms with van der Waals surface area (Å²) in [5.41, 5.74) is 0.833. The average Bonchev–Trinajstić information content (AvgIpc) is 3.00. The lowest BCUT2D eigenvalue weighted by atomic mass is 10.1. The minimum Gasteiger partial charge on any atom is -0.298 e. The molecule has 0 aliphatic carbocycles. The molecule has 1 aliphatic heterocycles. The Morgan fingerprint density at radius 2 is 1.60 bits per heavy atom. The van der Waals surface area contributed by atoms with E-state index < -0.39 is 11.8 Å². The Kier molecular flexibility index (Phi) is 5.57. The lowest BCUT2D eigenvalue weighted by molar-refractivity contribution is -0.122. The SMILES string of the molecule is O=C1NC(=S)N(c2ccc(Cl)cc2)C(=O)C1=Cc1sc(=O)n(-c2ccccc2)c1Cl. The molecule has 0 atom stereocenters. The highest BCUT2D eigenvalue weighted by Gasteiger charge is 2.35. The molecule has 2 heterocycles. The largest absolute Gasteiger partial charge is 0.313 e. The van der Waals surface area contributed by atoms with Crippen LogP contribution in [0.4, 0.5) is 5.69 Å². The third kappa shape index (κ3) is 3.70. The van der Waals surface area contributed by atoms with Crippen LogP contribution < -0.4 is 15.1 Å². The van der Waals surface area contributed by atoms with Gasteiger partial charge in [0, 0.05) is 5.02 Å². The standard InChI is InChI=1S/C20H11Cl2N3O3S2/c21-11-6-8-13(9-7-11)25-18(27)14(17(26)23-19(25)29)10-15-16(22)24(20(28)30-15)12-4-2-1-3-5-12/h1-10H,(H,23,26,29). The first-order chi connectivity index (χ1) is 14.4. The predicted octanol–water partition coefficient (Wildman–Crippen LogP) is 4.04. The molecule has 0 unspecified atom stereocenters. The lowest BCUT2D eigenvalue weighted by Gasteiger charge is -2.28. The van der Waals surface area contributed by atoms with Gasteiger partial charge in [0.15, 0.2) is 5.11 Å². The highest BCUT2D eigenvalue weighted by Crippen LogP contribution is 2.28. The number of carbonyl (C=O) groups is 2. The molecule has 150 valence electrons. The van der Waals surface area contributed by atoms with Crippen LogP contribution >= 0.6 is 46.8 Å². The molecule has 0 radical (unpaired) electrons. The van der Waals surface area contributed by atoms with Gasteiger partial charge >= 0.3 is 4.87 Å². The van der Waals surface area contributed by atoms with Crippen molar-refractivity contribution in [2.24, 2.45) is 0 Å². The Morgan fingerprint density at radius 1 is 0.933 bits per heavy atom. The fourth-order valence-corrected chi connectivity index (χ4v) is 4.50. The van der Waals surface area contributed by atoms with E-state index >= 15 is 0 Å². The maximum absolute atomic E-state index is 13.1. The van der Waals surface area contributed by atoms with Gasteiger partial charge in [0.2, 0.25) is 0 Å². The van der Waals surface area contributed by atoms with Gasteiger partial charge in [-0.3, -0.25) is 29.2 Å². The zero-order chi connectivity index (χ0) is 21.4. The van der Waals surface area contributed by atoms with Gasteiger partial charge in [0.05, 0.1) is 16.3 Å². The van der Waals surface area contributed by atoms with Crippen molar-refractivity contribution in [2.45, 2.75) is 0 Å². The molecule has 2 aromatic carbocycles. The van der Waals surface area contributed by atoms with Crippen molar-refractivity contribution in [3.8, 4) is 5.69 Å². The number of thiocarbonyl (C=S) groups is 1. The molecule has 1 saturated heterocycles. The number of benzene rings is 2. The number of hydrogen-bond donors (Lipinski definition) is 1. The number of nitrogens with zero attached hydrogens (tertiary/aromatic N) is 2. The number of nitrogens with one attached hydrogen (secondary N) is 1. The van der Waals surface area contributed by atoms with E-state index in [0.717, 1.165) is 11.3 Å². The number of hydrogen-bond acceptors (Lipinski definition) is 5. The van der Waals surface area contributed by atoms with Gasteiger partial charge in [-0.2, -0.15) is 0 Å². The van der Waals surface area contributed by atoms with E-state index in [1.165, 1.54) is 15.5 Å². The molecular formula is C20H11Cl2N3O3S2. The fraction of sp³-hybridized carbons (Fsp3) is 0. The Balaban J connectivity index is 1.77. The Bertz CT molecular complexity index is 1260. The fourth-order valence-electron chi connectivity index (χ4n) is 2.87. The number of rotatable bonds is 3. The number of carbonyl (C=O) groups excluding carboxylic acids is 2. The molecule has 6 nitrogen and oxygen atoms in total. The second-order valence-electron chi connectivity index (χ2n) is 6.13. The topological polar surface area (TPSA) is 71.4 Å². The van der Waals surface area contributed by atoms with Crippen LogP contribution in [0.3, 0.4) is 0 Å². The highest BCUT2D eigenvalue weighted by atomic mass is 35.5. The van der Waals surface area contributed by atoms with Crippen molar-refractivity contribution < 1.29 is 9.59 Å². The summed E-state index contributed by atoms with van der Waals surface area (Å²) in [4.78, 5) is 39.1. The van der Waals surface area contributed by atoms with Crippen LogP contribution in [0.15, 0.2) is 65.0 Å². The summed E-state index contributed by atoms with van der Waals surface area (Å²) >= 11 is 18.3. The molecule has 0 saturated carbocycles. The average molecular weight is 476 g/mol. The third-order valence-corrected chi connectivity index (χ3v) is 6.17. The van der Waals surface area contributed by atoms with E-state index in [1.807, 2.05) is 6.07 Å². The summed E-state index contributed by atoms with van der Waals surface area (Å²) in [6.07, 6.45) is 1.30. The molecule has 0 spiro atoms. The van der Waals surface area contributed by atoms with Gasteiger partial charge in [-0.05, 0) is 54.7 Å².